The minimum absolute atomic E-state index is 0.117. The van der Waals surface area contributed by atoms with Crippen LogP contribution >= 0.6 is 15.9 Å². The van der Waals surface area contributed by atoms with Crippen LogP contribution in [0.1, 0.15) is 15.9 Å². The molecule has 0 unspecified atom stereocenters. The summed E-state index contributed by atoms with van der Waals surface area (Å²) in [4.78, 5) is 24.0. The predicted molar refractivity (Wildman–Crippen MR) is 75.2 cm³/mol. The van der Waals surface area contributed by atoms with Gasteiger partial charge in [-0.15, -0.1) is 0 Å². The third-order valence-electron chi connectivity index (χ3n) is 2.71. The summed E-state index contributed by atoms with van der Waals surface area (Å²) in [6.45, 7) is 0.366. The number of H-pyrrole nitrogens is 1. The number of non-ortho nitro benzene ring substituents is 1. The molecular formula is C12H11BrN4O3. The smallest absolute Gasteiger partial charge is 0.270 e. The summed E-state index contributed by atoms with van der Waals surface area (Å²) in [6, 6.07) is 4.10. The van der Waals surface area contributed by atoms with Gasteiger partial charge in [0.05, 0.1) is 16.7 Å². The van der Waals surface area contributed by atoms with Gasteiger partial charge in [-0.1, -0.05) is 0 Å². The predicted octanol–water partition coefficient (Wildman–Crippen LogP) is 2.35. The van der Waals surface area contributed by atoms with Crippen LogP contribution in [0.15, 0.2) is 35.1 Å². The Hall–Kier alpha value is -2.22. The van der Waals surface area contributed by atoms with Gasteiger partial charge in [0.1, 0.15) is 0 Å². The highest BCUT2D eigenvalue weighted by Crippen LogP contribution is 2.24. The average Bonchev–Trinajstić information content (AvgIpc) is 2.91. The zero-order valence-electron chi connectivity index (χ0n) is 10.5. The van der Waals surface area contributed by atoms with E-state index in [1.807, 2.05) is 0 Å². The van der Waals surface area contributed by atoms with Crippen molar-refractivity contribution in [3.63, 3.8) is 0 Å². The highest BCUT2D eigenvalue weighted by Gasteiger charge is 2.19. The molecule has 7 nitrogen and oxygen atoms in total. The molecule has 2 aromatic rings. The monoisotopic (exact) mass is 338 g/mol. The molecule has 0 radical (unpaired) electrons. The fraction of sp³-hybridized carbons (Fsp3) is 0.167. The number of hydrogen-bond acceptors (Lipinski definition) is 4. The third kappa shape index (κ3) is 3.02. The first-order valence-corrected chi connectivity index (χ1v) is 6.45. The van der Waals surface area contributed by atoms with Crippen molar-refractivity contribution in [3.8, 4) is 0 Å². The molecule has 1 heterocycles. The molecule has 1 aromatic carbocycles. The molecule has 0 bridgehead atoms. The molecule has 0 aliphatic heterocycles. The molecule has 0 saturated heterocycles. The van der Waals surface area contributed by atoms with Crippen LogP contribution in [0.25, 0.3) is 0 Å². The fourth-order valence-corrected chi connectivity index (χ4v) is 2.12. The number of carbonyl (C=O) groups excluding carboxylic acids is 1. The molecule has 0 aliphatic carbocycles. The first kappa shape index (κ1) is 14.2. The van der Waals surface area contributed by atoms with Crippen molar-refractivity contribution in [3.05, 3.63) is 56.3 Å². The van der Waals surface area contributed by atoms with Crippen molar-refractivity contribution < 1.29 is 9.72 Å². The van der Waals surface area contributed by atoms with E-state index in [9.17, 15) is 14.9 Å². The van der Waals surface area contributed by atoms with Crippen LogP contribution in [0.2, 0.25) is 0 Å². The van der Waals surface area contributed by atoms with Crippen molar-refractivity contribution in [2.24, 2.45) is 0 Å². The maximum atomic E-state index is 12.3. The quantitative estimate of drug-likeness (QED) is 0.684. The summed E-state index contributed by atoms with van der Waals surface area (Å²) < 4.78 is 0.521. The van der Waals surface area contributed by atoms with Crippen molar-refractivity contribution in [1.82, 2.24) is 15.1 Å². The van der Waals surface area contributed by atoms with E-state index in [-0.39, 0.29) is 17.2 Å². The van der Waals surface area contributed by atoms with Crippen LogP contribution in [0.5, 0.6) is 0 Å². The Labute approximate surface area is 122 Å². The van der Waals surface area contributed by atoms with Crippen LogP contribution in [0.4, 0.5) is 5.69 Å². The summed E-state index contributed by atoms with van der Waals surface area (Å²) >= 11 is 3.24. The molecule has 0 saturated carbocycles. The Bertz CT molecular complexity index is 642. The second kappa shape index (κ2) is 5.83. The van der Waals surface area contributed by atoms with Crippen LogP contribution in [-0.2, 0) is 6.54 Å². The number of nitro benzene ring substituents is 1. The lowest BCUT2D eigenvalue weighted by Crippen LogP contribution is -2.26. The number of hydrogen-bond donors (Lipinski definition) is 1. The molecule has 0 atom stereocenters. The summed E-state index contributed by atoms with van der Waals surface area (Å²) in [5, 5.41) is 17.2. The molecule has 8 heteroatoms. The lowest BCUT2D eigenvalue weighted by atomic mass is 10.1. The molecule has 0 fully saturated rings. The van der Waals surface area contributed by atoms with Gasteiger partial charge in [0.2, 0.25) is 0 Å². The average molecular weight is 339 g/mol. The molecular weight excluding hydrogens is 328 g/mol. The number of rotatable bonds is 4. The number of amides is 1. The van der Waals surface area contributed by atoms with E-state index in [4.69, 9.17) is 0 Å². The van der Waals surface area contributed by atoms with Gasteiger partial charge >= 0.3 is 0 Å². The Balaban J connectivity index is 2.23. The SMILES string of the molecule is CN(Cc1cn[nH]c1)C(=O)c1cc([N+](=O)[O-])ccc1Br. The second-order valence-electron chi connectivity index (χ2n) is 4.19. The van der Waals surface area contributed by atoms with E-state index in [1.165, 1.54) is 23.1 Å². The maximum Gasteiger partial charge on any atom is 0.270 e. The number of nitrogens with zero attached hydrogens (tertiary/aromatic N) is 3. The van der Waals surface area contributed by atoms with Gasteiger partial charge in [0.25, 0.3) is 11.6 Å². The third-order valence-corrected chi connectivity index (χ3v) is 3.40. The number of aromatic amines is 1. The first-order chi connectivity index (χ1) is 9.49. The van der Waals surface area contributed by atoms with Crippen LogP contribution in [0, 0.1) is 10.1 Å². The summed E-state index contributed by atoms with van der Waals surface area (Å²) in [5.74, 6) is -0.304. The molecule has 1 amide bonds. The van der Waals surface area contributed by atoms with Gasteiger partial charge in [-0.2, -0.15) is 5.10 Å². The van der Waals surface area contributed by atoms with E-state index < -0.39 is 4.92 Å². The Morgan fingerprint density at radius 3 is 2.90 bits per heavy atom. The highest BCUT2D eigenvalue weighted by atomic mass is 79.9. The minimum Gasteiger partial charge on any atom is -0.337 e. The van der Waals surface area contributed by atoms with Gasteiger partial charge in [0.15, 0.2) is 0 Å². The number of aromatic nitrogens is 2. The normalized spacial score (nSPS) is 10.3. The summed E-state index contributed by atoms with van der Waals surface area (Å²) in [7, 11) is 1.63. The van der Waals surface area contributed by atoms with Crippen LogP contribution in [0.3, 0.4) is 0 Å². The molecule has 104 valence electrons. The number of nitro groups is 1. The molecule has 0 aliphatic rings. The fourth-order valence-electron chi connectivity index (χ4n) is 1.71. The largest absolute Gasteiger partial charge is 0.337 e. The van der Waals surface area contributed by atoms with Gasteiger partial charge in [-0.3, -0.25) is 20.0 Å². The van der Waals surface area contributed by atoms with E-state index >= 15 is 0 Å². The lowest BCUT2D eigenvalue weighted by Gasteiger charge is -2.16. The number of nitrogens with one attached hydrogen (secondary N) is 1. The van der Waals surface area contributed by atoms with E-state index in [0.717, 1.165) is 5.56 Å². The Kier molecular flexibility index (Phi) is 4.14. The molecule has 20 heavy (non-hydrogen) atoms. The van der Waals surface area contributed by atoms with E-state index in [2.05, 4.69) is 26.1 Å². The van der Waals surface area contributed by atoms with Crippen molar-refractivity contribution in [2.45, 2.75) is 6.54 Å². The van der Waals surface area contributed by atoms with Gasteiger partial charge in [-0.25, -0.2) is 0 Å². The zero-order valence-corrected chi connectivity index (χ0v) is 12.1. The topological polar surface area (TPSA) is 92.1 Å². The van der Waals surface area contributed by atoms with Gasteiger partial charge < -0.3 is 4.90 Å². The number of halogens is 1. The lowest BCUT2D eigenvalue weighted by molar-refractivity contribution is -0.384. The first-order valence-electron chi connectivity index (χ1n) is 5.66. The number of carbonyl (C=O) groups is 1. The Morgan fingerprint density at radius 1 is 1.55 bits per heavy atom. The van der Waals surface area contributed by atoms with Gasteiger partial charge in [0, 0.05) is 42.0 Å². The zero-order chi connectivity index (χ0) is 14.7. The second-order valence-corrected chi connectivity index (χ2v) is 5.04. The maximum absolute atomic E-state index is 12.3. The molecule has 1 N–H and O–H groups in total. The molecule has 2 rings (SSSR count). The Morgan fingerprint density at radius 2 is 2.30 bits per heavy atom. The standard InChI is InChI=1S/C12H11BrN4O3/c1-16(7-8-5-14-15-6-8)12(18)10-4-9(17(19)20)2-3-11(10)13/h2-6H,7H2,1H3,(H,14,15). The molecule has 0 spiro atoms. The van der Waals surface area contributed by atoms with E-state index in [0.29, 0.717) is 11.0 Å². The van der Waals surface area contributed by atoms with Crippen molar-refractivity contribution >= 4 is 27.5 Å². The van der Waals surface area contributed by atoms with E-state index in [1.54, 1.807) is 19.4 Å². The summed E-state index contributed by atoms with van der Waals surface area (Å²) in [6.07, 6.45) is 3.30. The summed E-state index contributed by atoms with van der Waals surface area (Å²) in [5.41, 5.74) is 0.987. The van der Waals surface area contributed by atoms with Crippen LogP contribution < -0.4 is 0 Å². The van der Waals surface area contributed by atoms with Crippen LogP contribution in [-0.4, -0.2) is 33.0 Å². The molecule has 1 aromatic heterocycles. The van der Waals surface area contributed by atoms with Gasteiger partial charge in [-0.05, 0) is 22.0 Å². The minimum atomic E-state index is -0.528. The van der Waals surface area contributed by atoms with Crippen molar-refractivity contribution in [2.75, 3.05) is 7.05 Å². The highest BCUT2D eigenvalue weighted by molar-refractivity contribution is 9.10. The van der Waals surface area contributed by atoms with Crippen molar-refractivity contribution in [1.29, 1.82) is 0 Å². The number of benzene rings is 1.